The number of hydrogen-bond donors (Lipinski definition) is 1. The molecule has 0 spiro atoms. The Hall–Kier alpha value is -1.96. The molecule has 2 atom stereocenters. The lowest BCUT2D eigenvalue weighted by molar-refractivity contribution is -0.162. The molecule has 3 rings (SSSR count). The van der Waals surface area contributed by atoms with Crippen LogP contribution in [0.25, 0.3) is 0 Å². The Morgan fingerprint density at radius 3 is 2.57 bits per heavy atom. The maximum absolute atomic E-state index is 13.1. The van der Waals surface area contributed by atoms with Crippen molar-refractivity contribution in [2.45, 2.75) is 25.0 Å². The fraction of sp³-hybridized carbons (Fsp3) is 0.619. The third-order valence-electron chi connectivity index (χ3n) is 5.73. The largest absolute Gasteiger partial charge is 0.381 e. The lowest BCUT2D eigenvalue weighted by Crippen LogP contribution is -2.55. The van der Waals surface area contributed by atoms with Crippen LogP contribution >= 0.6 is 0 Å². The fourth-order valence-electron chi connectivity index (χ4n) is 4.22. The van der Waals surface area contributed by atoms with Crippen LogP contribution in [0.1, 0.15) is 24.4 Å². The maximum Gasteiger partial charge on any atom is 0.251 e. The van der Waals surface area contributed by atoms with E-state index in [0.717, 1.165) is 24.9 Å². The summed E-state index contributed by atoms with van der Waals surface area (Å²) < 4.78 is 11.2. The molecule has 7 heteroatoms. The molecule has 0 saturated carbocycles. The second-order valence-electron chi connectivity index (χ2n) is 8.16. The van der Waals surface area contributed by atoms with Crippen LogP contribution in [0.3, 0.4) is 0 Å². The first-order valence-electron chi connectivity index (χ1n) is 9.84. The van der Waals surface area contributed by atoms with E-state index >= 15 is 0 Å². The lowest BCUT2D eigenvalue weighted by Gasteiger charge is -2.41. The molecule has 1 N–H and O–H groups in total. The molecule has 0 bridgehead atoms. The maximum atomic E-state index is 13.1. The Kier molecular flexibility index (Phi) is 6.69. The minimum Gasteiger partial charge on any atom is -0.381 e. The zero-order valence-electron chi connectivity index (χ0n) is 17.0. The van der Waals surface area contributed by atoms with Crippen molar-refractivity contribution >= 4 is 11.8 Å². The Labute approximate surface area is 167 Å². The fourth-order valence-corrected chi connectivity index (χ4v) is 4.22. The zero-order chi connectivity index (χ0) is 20.1. The van der Waals surface area contributed by atoms with Crippen LogP contribution in [0, 0.1) is 5.41 Å². The quantitative estimate of drug-likeness (QED) is 0.788. The average molecular weight is 389 g/mol. The number of carbonyl (C=O) groups excluding carboxylic acids is 2. The van der Waals surface area contributed by atoms with Crippen molar-refractivity contribution in [3.8, 4) is 0 Å². The van der Waals surface area contributed by atoms with Gasteiger partial charge in [-0.2, -0.15) is 0 Å². The zero-order valence-corrected chi connectivity index (χ0v) is 17.0. The van der Waals surface area contributed by atoms with Crippen LogP contribution in [-0.2, 0) is 19.1 Å². The number of benzene rings is 1. The molecule has 0 radical (unpaired) electrons. The summed E-state index contributed by atoms with van der Waals surface area (Å²) in [6.45, 7) is 2.82. The molecule has 0 aromatic heterocycles. The van der Waals surface area contributed by atoms with E-state index in [1.807, 2.05) is 30.3 Å². The first-order valence-corrected chi connectivity index (χ1v) is 9.84. The van der Waals surface area contributed by atoms with Gasteiger partial charge in [0, 0.05) is 38.8 Å². The van der Waals surface area contributed by atoms with Crippen LogP contribution < -0.4 is 5.32 Å². The Balaban J connectivity index is 1.73. The second kappa shape index (κ2) is 9.03. The highest BCUT2D eigenvalue weighted by Gasteiger charge is 2.41. The highest BCUT2D eigenvalue weighted by molar-refractivity contribution is 5.86. The number of carbonyl (C=O) groups is 2. The molecule has 2 amide bonds. The summed E-state index contributed by atoms with van der Waals surface area (Å²) in [5.41, 5.74) is 0.892. The number of ether oxygens (including phenoxy) is 2. The molecule has 2 unspecified atom stereocenters. The molecule has 7 nitrogen and oxygen atoms in total. The minimum absolute atomic E-state index is 0.00393. The standard InChI is InChI=1S/C21H31N3O4/c1-23(2)15-21(9-11-27-12-10-21)14-22-20(26)19-18(16-7-5-4-6-8-16)24(3)17(25)13-28-19/h4-8,18-19H,9-15H2,1-3H3,(H,22,26). The van der Waals surface area contributed by atoms with Crippen molar-refractivity contribution in [2.75, 3.05) is 54.1 Å². The van der Waals surface area contributed by atoms with Crippen LogP contribution in [0.4, 0.5) is 0 Å². The predicted octanol–water partition coefficient (Wildman–Crippen LogP) is 1.06. The number of nitrogens with zero attached hydrogens (tertiary/aromatic N) is 2. The molecule has 2 aliphatic heterocycles. The van der Waals surface area contributed by atoms with Gasteiger partial charge in [0.15, 0.2) is 6.10 Å². The van der Waals surface area contributed by atoms with Gasteiger partial charge >= 0.3 is 0 Å². The summed E-state index contributed by atoms with van der Waals surface area (Å²) in [6, 6.07) is 9.16. The van der Waals surface area contributed by atoms with Crippen molar-refractivity contribution < 1.29 is 19.1 Å². The topological polar surface area (TPSA) is 71.1 Å². The van der Waals surface area contributed by atoms with E-state index in [1.165, 1.54) is 0 Å². The molecule has 2 fully saturated rings. The molecule has 1 aromatic carbocycles. The van der Waals surface area contributed by atoms with Crippen molar-refractivity contribution in [3.05, 3.63) is 35.9 Å². The van der Waals surface area contributed by atoms with Gasteiger partial charge < -0.3 is 24.6 Å². The number of amides is 2. The first kappa shape index (κ1) is 20.8. The highest BCUT2D eigenvalue weighted by atomic mass is 16.5. The number of morpholine rings is 1. The van der Waals surface area contributed by atoms with Crippen molar-refractivity contribution in [1.29, 1.82) is 0 Å². The van der Waals surface area contributed by atoms with Gasteiger partial charge in [0.25, 0.3) is 5.91 Å². The molecule has 154 valence electrons. The van der Waals surface area contributed by atoms with Crippen molar-refractivity contribution in [2.24, 2.45) is 5.41 Å². The highest BCUT2D eigenvalue weighted by Crippen LogP contribution is 2.32. The number of nitrogens with one attached hydrogen (secondary N) is 1. The van der Waals surface area contributed by atoms with Crippen LogP contribution in [0.2, 0.25) is 0 Å². The molecule has 2 heterocycles. The lowest BCUT2D eigenvalue weighted by atomic mass is 9.79. The molecule has 28 heavy (non-hydrogen) atoms. The Morgan fingerprint density at radius 2 is 1.93 bits per heavy atom. The normalized spacial score (nSPS) is 25.0. The molecule has 1 aromatic rings. The van der Waals surface area contributed by atoms with Crippen LogP contribution in [-0.4, -0.2) is 81.8 Å². The van der Waals surface area contributed by atoms with E-state index in [-0.39, 0.29) is 23.8 Å². The molecule has 2 saturated heterocycles. The number of hydrogen-bond acceptors (Lipinski definition) is 5. The summed E-state index contributed by atoms with van der Waals surface area (Å²) in [5.74, 6) is -0.288. The van der Waals surface area contributed by atoms with E-state index in [0.29, 0.717) is 19.8 Å². The van der Waals surface area contributed by atoms with Gasteiger partial charge in [-0.25, -0.2) is 0 Å². The van der Waals surface area contributed by atoms with Gasteiger partial charge in [0.05, 0.1) is 6.04 Å². The predicted molar refractivity (Wildman–Crippen MR) is 106 cm³/mol. The molecular formula is C21H31N3O4. The van der Waals surface area contributed by atoms with E-state index < -0.39 is 12.1 Å². The average Bonchev–Trinajstić information content (AvgIpc) is 2.69. The summed E-state index contributed by atoms with van der Waals surface area (Å²) >= 11 is 0. The van der Waals surface area contributed by atoms with E-state index in [2.05, 4.69) is 24.3 Å². The third kappa shape index (κ3) is 4.71. The summed E-state index contributed by atoms with van der Waals surface area (Å²) in [7, 11) is 5.83. The smallest absolute Gasteiger partial charge is 0.251 e. The number of rotatable bonds is 6. The molecule has 0 aliphatic carbocycles. The van der Waals surface area contributed by atoms with Gasteiger partial charge in [0.2, 0.25) is 5.91 Å². The second-order valence-corrected chi connectivity index (χ2v) is 8.16. The minimum atomic E-state index is -0.721. The van der Waals surface area contributed by atoms with Gasteiger partial charge in [-0.15, -0.1) is 0 Å². The van der Waals surface area contributed by atoms with E-state index in [4.69, 9.17) is 9.47 Å². The van der Waals surface area contributed by atoms with Gasteiger partial charge in [-0.1, -0.05) is 30.3 Å². The third-order valence-corrected chi connectivity index (χ3v) is 5.73. The monoisotopic (exact) mass is 389 g/mol. The summed E-state index contributed by atoms with van der Waals surface area (Å²) in [5, 5.41) is 3.12. The summed E-state index contributed by atoms with van der Waals surface area (Å²) in [6.07, 6.45) is 1.11. The van der Waals surface area contributed by atoms with E-state index in [9.17, 15) is 9.59 Å². The van der Waals surface area contributed by atoms with Crippen LogP contribution in [0.15, 0.2) is 30.3 Å². The van der Waals surface area contributed by atoms with Crippen molar-refractivity contribution in [1.82, 2.24) is 15.1 Å². The Morgan fingerprint density at radius 1 is 1.25 bits per heavy atom. The molecular weight excluding hydrogens is 358 g/mol. The van der Waals surface area contributed by atoms with Crippen molar-refractivity contribution in [3.63, 3.8) is 0 Å². The van der Waals surface area contributed by atoms with E-state index in [1.54, 1.807) is 11.9 Å². The van der Waals surface area contributed by atoms with Gasteiger partial charge in [-0.3, -0.25) is 9.59 Å². The van der Waals surface area contributed by atoms with Gasteiger partial charge in [0.1, 0.15) is 6.61 Å². The first-order chi connectivity index (χ1) is 13.4. The molecule has 2 aliphatic rings. The Bertz CT molecular complexity index is 673. The number of likely N-dealkylation sites (N-methyl/N-ethyl adjacent to an activating group) is 1. The summed E-state index contributed by atoms with van der Waals surface area (Å²) in [4.78, 5) is 29.0. The van der Waals surface area contributed by atoms with Gasteiger partial charge in [-0.05, 0) is 32.5 Å². The van der Waals surface area contributed by atoms with Crippen LogP contribution in [0.5, 0.6) is 0 Å². The SMILES string of the molecule is CN(C)CC1(CNC(=O)C2OCC(=O)N(C)C2c2ccccc2)CCOCC1.